The number of rotatable bonds is 3. The van der Waals surface area contributed by atoms with Gasteiger partial charge < -0.3 is 10.1 Å². The molecule has 1 aliphatic heterocycles. The van der Waals surface area contributed by atoms with Crippen molar-refractivity contribution >= 4 is 11.8 Å². The van der Waals surface area contributed by atoms with Crippen LogP contribution in [0.2, 0.25) is 0 Å². The highest BCUT2D eigenvalue weighted by molar-refractivity contribution is 5.89. The van der Waals surface area contributed by atoms with Crippen molar-refractivity contribution in [2.45, 2.75) is 38.8 Å². The lowest BCUT2D eigenvalue weighted by Gasteiger charge is -2.20. The number of hydrogen-bond acceptors (Lipinski definition) is 3. The molecule has 2 N–H and O–H groups in total. The predicted octanol–water partition coefficient (Wildman–Crippen LogP) is 2.08. The van der Waals surface area contributed by atoms with Crippen molar-refractivity contribution in [3.05, 3.63) is 23.9 Å². The third-order valence-corrected chi connectivity index (χ3v) is 3.12. The van der Waals surface area contributed by atoms with Gasteiger partial charge in [0.25, 0.3) is 0 Å². The monoisotopic (exact) mass is 249 g/mol. The van der Waals surface area contributed by atoms with Crippen LogP contribution in [0, 0.1) is 6.92 Å². The summed E-state index contributed by atoms with van der Waals surface area (Å²) in [7, 11) is 0. The van der Waals surface area contributed by atoms with Crippen LogP contribution in [0.1, 0.15) is 25.3 Å². The number of aryl methyl sites for hydroxylation is 1. The first-order valence-corrected chi connectivity index (χ1v) is 6.27. The van der Waals surface area contributed by atoms with Crippen LogP contribution in [0.5, 0.6) is 0 Å². The standard InChI is InChI=1S/C13H19N3O2/c1-9-5-3-7-14-12(9)16-13(17)15-10(2)11-6-4-8-18-11/h3,5,7,10-11H,4,6,8H2,1-2H3,(H2,14,15,16,17)/t10-,11+/m1/s1. The molecule has 2 amide bonds. The lowest BCUT2D eigenvalue weighted by atomic mass is 10.1. The van der Waals surface area contributed by atoms with Gasteiger partial charge in [-0.05, 0) is 38.3 Å². The van der Waals surface area contributed by atoms with Crippen LogP contribution in [0.25, 0.3) is 0 Å². The van der Waals surface area contributed by atoms with Gasteiger partial charge in [-0.15, -0.1) is 0 Å². The summed E-state index contributed by atoms with van der Waals surface area (Å²) in [6.45, 7) is 4.66. The Kier molecular flexibility index (Phi) is 4.15. The summed E-state index contributed by atoms with van der Waals surface area (Å²) in [5, 5.41) is 5.63. The number of urea groups is 1. The van der Waals surface area contributed by atoms with Crippen molar-refractivity contribution in [2.24, 2.45) is 0 Å². The molecule has 5 heteroatoms. The van der Waals surface area contributed by atoms with Gasteiger partial charge in [0.2, 0.25) is 0 Å². The summed E-state index contributed by atoms with van der Waals surface area (Å²) in [4.78, 5) is 15.9. The van der Waals surface area contributed by atoms with Gasteiger partial charge in [0.15, 0.2) is 0 Å². The minimum absolute atomic E-state index is 0.0107. The maximum Gasteiger partial charge on any atom is 0.320 e. The molecular formula is C13H19N3O2. The minimum Gasteiger partial charge on any atom is -0.376 e. The van der Waals surface area contributed by atoms with Crippen LogP contribution in [-0.2, 0) is 4.74 Å². The minimum atomic E-state index is -0.236. The largest absolute Gasteiger partial charge is 0.376 e. The highest BCUT2D eigenvalue weighted by atomic mass is 16.5. The molecule has 0 unspecified atom stereocenters. The molecule has 0 aliphatic carbocycles. The third-order valence-electron chi connectivity index (χ3n) is 3.12. The number of hydrogen-bond donors (Lipinski definition) is 2. The molecule has 2 rings (SSSR count). The topological polar surface area (TPSA) is 63.2 Å². The van der Waals surface area contributed by atoms with Gasteiger partial charge in [-0.1, -0.05) is 6.07 Å². The predicted molar refractivity (Wildman–Crippen MR) is 69.6 cm³/mol. The molecule has 0 bridgehead atoms. The van der Waals surface area contributed by atoms with Crippen LogP contribution < -0.4 is 10.6 Å². The zero-order valence-electron chi connectivity index (χ0n) is 10.8. The van der Waals surface area contributed by atoms with E-state index >= 15 is 0 Å². The van der Waals surface area contributed by atoms with Crippen LogP contribution >= 0.6 is 0 Å². The summed E-state index contributed by atoms with van der Waals surface area (Å²) in [5.74, 6) is 0.592. The van der Waals surface area contributed by atoms with Crippen molar-refractivity contribution in [2.75, 3.05) is 11.9 Å². The van der Waals surface area contributed by atoms with E-state index in [0.29, 0.717) is 5.82 Å². The van der Waals surface area contributed by atoms with Gasteiger partial charge >= 0.3 is 6.03 Å². The van der Waals surface area contributed by atoms with Crippen molar-refractivity contribution < 1.29 is 9.53 Å². The number of aromatic nitrogens is 1. The van der Waals surface area contributed by atoms with Crippen molar-refractivity contribution in [1.82, 2.24) is 10.3 Å². The molecule has 5 nitrogen and oxygen atoms in total. The fourth-order valence-corrected chi connectivity index (χ4v) is 2.06. The second-order valence-electron chi connectivity index (χ2n) is 4.61. The fourth-order valence-electron chi connectivity index (χ4n) is 2.06. The maximum atomic E-state index is 11.8. The summed E-state index contributed by atoms with van der Waals surface area (Å²) < 4.78 is 5.53. The Morgan fingerprint density at radius 2 is 2.44 bits per heavy atom. The van der Waals surface area contributed by atoms with Crippen molar-refractivity contribution in [1.29, 1.82) is 0 Å². The van der Waals surface area contributed by atoms with E-state index in [9.17, 15) is 4.79 Å². The fraction of sp³-hybridized carbons (Fsp3) is 0.538. The van der Waals surface area contributed by atoms with Gasteiger partial charge in [-0.2, -0.15) is 0 Å². The van der Waals surface area contributed by atoms with Crippen molar-refractivity contribution in [3.63, 3.8) is 0 Å². The lowest BCUT2D eigenvalue weighted by Crippen LogP contribution is -2.43. The number of ether oxygens (including phenoxy) is 1. The van der Waals surface area contributed by atoms with E-state index in [4.69, 9.17) is 4.74 Å². The SMILES string of the molecule is Cc1cccnc1NC(=O)N[C@H](C)[C@@H]1CCCO1. The van der Waals surface area contributed by atoms with E-state index in [0.717, 1.165) is 25.0 Å². The molecule has 0 aromatic carbocycles. The van der Waals surface area contributed by atoms with E-state index in [1.54, 1.807) is 6.20 Å². The number of carbonyl (C=O) groups is 1. The Morgan fingerprint density at radius 3 is 3.11 bits per heavy atom. The summed E-state index contributed by atoms with van der Waals surface area (Å²) in [5.41, 5.74) is 0.942. The molecule has 18 heavy (non-hydrogen) atoms. The zero-order valence-corrected chi connectivity index (χ0v) is 10.8. The molecule has 1 fully saturated rings. The molecule has 1 aromatic heterocycles. The first kappa shape index (κ1) is 12.8. The van der Waals surface area contributed by atoms with Gasteiger partial charge in [0.05, 0.1) is 12.1 Å². The molecular weight excluding hydrogens is 230 g/mol. The smallest absolute Gasteiger partial charge is 0.320 e. The molecule has 98 valence electrons. The average Bonchev–Trinajstić information content (AvgIpc) is 2.85. The highest BCUT2D eigenvalue weighted by Gasteiger charge is 2.23. The Bertz CT molecular complexity index is 416. The number of pyridine rings is 1. The molecule has 1 aliphatic rings. The molecule has 2 heterocycles. The van der Waals surface area contributed by atoms with E-state index in [2.05, 4.69) is 15.6 Å². The molecule has 0 radical (unpaired) electrons. The number of nitrogens with zero attached hydrogens (tertiary/aromatic N) is 1. The van der Waals surface area contributed by atoms with Gasteiger partial charge in [-0.3, -0.25) is 5.32 Å². The summed E-state index contributed by atoms with van der Waals surface area (Å²) >= 11 is 0. The summed E-state index contributed by atoms with van der Waals surface area (Å²) in [6.07, 6.45) is 3.86. The Morgan fingerprint density at radius 1 is 1.61 bits per heavy atom. The maximum absolute atomic E-state index is 11.8. The van der Waals surface area contributed by atoms with E-state index in [1.807, 2.05) is 26.0 Å². The van der Waals surface area contributed by atoms with E-state index in [-0.39, 0.29) is 18.2 Å². The molecule has 2 atom stereocenters. The van der Waals surface area contributed by atoms with Crippen LogP contribution in [0.4, 0.5) is 10.6 Å². The molecule has 1 aromatic rings. The summed E-state index contributed by atoms with van der Waals surface area (Å²) in [6, 6.07) is 3.52. The first-order valence-electron chi connectivity index (χ1n) is 6.27. The zero-order chi connectivity index (χ0) is 13.0. The van der Waals surface area contributed by atoms with Crippen LogP contribution in [0.3, 0.4) is 0 Å². The van der Waals surface area contributed by atoms with Crippen molar-refractivity contribution in [3.8, 4) is 0 Å². The normalized spacial score (nSPS) is 20.4. The molecule has 0 saturated carbocycles. The van der Waals surface area contributed by atoms with Gasteiger partial charge in [0, 0.05) is 12.8 Å². The quantitative estimate of drug-likeness (QED) is 0.862. The van der Waals surface area contributed by atoms with Crippen LogP contribution in [-0.4, -0.2) is 29.8 Å². The second kappa shape index (κ2) is 5.82. The Balaban J connectivity index is 1.86. The van der Waals surface area contributed by atoms with Gasteiger partial charge in [-0.25, -0.2) is 9.78 Å². The number of amides is 2. The number of carbonyl (C=O) groups excluding carboxylic acids is 1. The van der Waals surface area contributed by atoms with E-state index in [1.165, 1.54) is 0 Å². The highest BCUT2D eigenvalue weighted by Crippen LogP contribution is 2.15. The third kappa shape index (κ3) is 3.20. The second-order valence-corrected chi connectivity index (χ2v) is 4.61. The average molecular weight is 249 g/mol. The Labute approximate surface area is 107 Å². The first-order chi connectivity index (χ1) is 8.66. The van der Waals surface area contributed by atoms with Crippen LogP contribution in [0.15, 0.2) is 18.3 Å². The Hall–Kier alpha value is -1.62. The van der Waals surface area contributed by atoms with Gasteiger partial charge in [0.1, 0.15) is 5.82 Å². The number of nitrogens with one attached hydrogen (secondary N) is 2. The van der Waals surface area contributed by atoms with E-state index < -0.39 is 0 Å². The molecule has 1 saturated heterocycles. The number of anilines is 1. The lowest BCUT2D eigenvalue weighted by molar-refractivity contribution is 0.0868. The molecule has 0 spiro atoms.